The van der Waals surface area contributed by atoms with E-state index < -0.39 is 17.1 Å². The Morgan fingerprint density at radius 3 is 2.33 bits per heavy atom. The molecular formula is C23H41NO6. The zero-order chi connectivity index (χ0) is 22.9. The first-order valence-corrected chi connectivity index (χ1v) is 11.2. The second kappa shape index (κ2) is 11.6. The summed E-state index contributed by atoms with van der Waals surface area (Å²) in [7, 11) is 1.38. The Morgan fingerprint density at radius 2 is 1.80 bits per heavy atom. The second-order valence-electron chi connectivity index (χ2n) is 9.69. The number of nitrogens with zero attached hydrogens (tertiary/aromatic N) is 1. The van der Waals surface area contributed by atoms with Gasteiger partial charge in [-0.2, -0.15) is 0 Å². The van der Waals surface area contributed by atoms with Gasteiger partial charge in [-0.1, -0.05) is 33.6 Å². The molecule has 1 aliphatic heterocycles. The van der Waals surface area contributed by atoms with E-state index in [1.807, 2.05) is 34.6 Å². The average Bonchev–Trinajstić information content (AvgIpc) is 3.09. The number of esters is 2. The van der Waals surface area contributed by atoms with Gasteiger partial charge >= 0.3 is 18.0 Å². The van der Waals surface area contributed by atoms with Crippen LogP contribution in [0.4, 0.5) is 4.79 Å². The molecular weight excluding hydrogens is 386 g/mol. The molecule has 1 fully saturated rings. The highest BCUT2D eigenvalue weighted by atomic mass is 16.6. The molecule has 1 heterocycles. The average molecular weight is 428 g/mol. The minimum absolute atomic E-state index is 0.160. The lowest BCUT2D eigenvalue weighted by atomic mass is 9.80. The molecule has 1 unspecified atom stereocenters. The van der Waals surface area contributed by atoms with Crippen molar-refractivity contribution in [3.05, 3.63) is 0 Å². The highest BCUT2D eigenvalue weighted by molar-refractivity contribution is 5.79. The quantitative estimate of drug-likeness (QED) is 0.288. The van der Waals surface area contributed by atoms with Crippen molar-refractivity contribution in [2.45, 2.75) is 85.7 Å². The Hall–Kier alpha value is -1.79. The highest BCUT2D eigenvalue weighted by Crippen LogP contribution is 2.38. The maximum Gasteiger partial charge on any atom is 0.410 e. The van der Waals surface area contributed by atoms with Crippen molar-refractivity contribution < 1.29 is 28.6 Å². The summed E-state index contributed by atoms with van der Waals surface area (Å²) in [6.07, 6.45) is 3.86. The zero-order valence-electron chi connectivity index (χ0n) is 19.9. The number of methoxy groups -OCH3 is 1. The Kier molecular flexibility index (Phi) is 10.1. The lowest BCUT2D eigenvalue weighted by molar-refractivity contribution is -0.152. The number of amides is 1. The van der Waals surface area contributed by atoms with E-state index in [-0.39, 0.29) is 30.3 Å². The fraction of sp³-hybridized carbons (Fsp3) is 0.870. The first-order valence-electron chi connectivity index (χ1n) is 11.2. The molecule has 0 aromatic rings. The minimum Gasteiger partial charge on any atom is -0.469 e. The minimum atomic E-state index is -0.751. The van der Waals surface area contributed by atoms with E-state index in [0.717, 1.165) is 12.8 Å². The third kappa shape index (κ3) is 7.80. The summed E-state index contributed by atoms with van der Waals surface area (Å²) in [4.78, 5) is 39.1. The summed E-state index contributed by atoms with van der Waals surface area (Å²) in [5.41, 5.74) is -1.34. The predicted molar refractivity (Wildman–Crippen MR) is 115 cm³/mol. The number of hydrogen-bond acceptors (Lipinski definition) is 6. The molecule has 0 saturated carbocycles. The van der Waals surface area contributed by atoms with Crippen LogP contribution in [0.25, 0.3) is 0 Å². The van der Waals surface area contributed by atoms with E-state index in [4.69, 9.17) is 14.2 Å². The predicted octanol–water partition coefficient (Wildman–Crippen LogP) is 4.57. The largest absolute Gasteiger partial charge is 0.469 e. The van der Waals surface area contributed by atoms with Gasteiger partial charge in [0.2, 0.25) is 0 Å². The molecule has 1 saturated heterocycles. The third-order valence-electron chi connectivity index (χ3n) is 5.64. The fourth-order valence-corrected chi connectivity index (χ4v) is 3.85. The monoisotopic (exact) mass is 427 g/mol. The van der Waals surface area contributed by atoms with E-state index >= 15 is 0 Å². The van der Waals surface area contributed by atoms with Crippen LogP contribution in [-0.2, 0) is 23.8 Å². The van der Waals surface area contributed by atoms with Gasteiger partial charge < -0.3 is 19.1 Å². The van der Waals surface area contributed by atoms with Crippen LogP contribution < -0.4 is 0 Å². The molecule has 2 atom stereocenters. The molecule has 174 valence electrons. The molecule has 0 aromatic carbocycles. The molecule has 7 heteroatoms. The number of unbranched alkanes of at least 4 members (excludes halogenated alkanes) is 1. The summed E-state index contributed by atoms with van der Waals surface area (Å²) in [6, 6.07) is 0. The van der Waals surface area contributed by atoms with E-state index in [9.17, 15) is 14.4 Å². The molecule has 7 nitrogen and oxygen atoms in total. The molecule has 0 aromatic heterocycles. The van der Waals surface area contributed by atoms with E-state index in [2.05, 4.69) is 6.92 Å². The van der Waals surface area contributed by atoms with E-state index in [1.54, 1.807) is 4.90 Å². The summed E-state index contributed by atoms with van der Waals surface area (Å²) in [5.74, 6) is -0.498. The van der Waals surface area contributed by atoms with Gasteiger partial charge in [0.1, 0.15) is 5.60 Å². The van der Waals surface area contributed by atoms with Crippen LogP contribution >= 0.6 is 0 Å². The Morgan fingerprint density at radius 1 is 1.13 bits per heavy atom. The first kappa shape index (κ1) is 26.2. The highest BCUT2D eigenvalue weighted by Gasteiger charge is 2.47. The van der Waals surface area contributed by atoms with Crippen LogP contribution in [0.5, 0.6) is 0 Å². The molecule has 0 aliphatic carbocycles. The van der Waals surface area contributed by atoms with Gasteiger partial charge in [0, 0.05) is 13.1 Å². The Balaban J connectivity index is 2.74. The maximum atomic E-state index is 12.6. The van der Waals surface area contributed by atoms with E-state index in [0.29, 0.717) is 38.8 Å². The molecule has 1 amide bonds. The number of carbonyl (C=O) groups excluding carboxylic acids is 3. The van der Waals surface area contributed by atoms with Crippen molar-refractivity contribution in [1.29, 1.82) is 0 Å². The second-order valence-corrected chi connectivity index (χ2v) is 9.69. The molecule has 0 radical (unpaired) electrons. The van der Waals surface area contributed by atoms with Crippen LogP contribution in [0.15, 0.2) is 0 Å². The topological polar surface area (TPSA) is 82.1 Å². The normalized spacial score (nSPS) is 20.2. The Labute approximate surface area is 181 Å². The zero-order valence-corrected chi connectivity index (χ0v) is 19.9. The van der Waals surface area contributed by atoms with Gasteiger partial charge in [-0.05, 0) is 52.4 Å². The smallest absolute Gasteiger partial charge is 0.410 e. The summed E-state index contributed by atoms with van der Waals surface area (Å²) in [5, 5.41) is 0. The van der Waals surface area contributed by atoms with Crippen LogP contribution in [0.1, 0.15) is 80.1 Å². The van der Waals surface area contributed by atoms with Gasteiger partial charge in [0.05, 0.1) is 25.0 Å². The summed E-state index contributed by atoms with van der Waals surface area (Å²) >= 11 is 0. The molecule has 0 spiro atoms. The molecule has 30 heavy (non-hydrogen) atoms. The Bertz CT molecular complexity index is 583. The molecule has 0 N–H and O–H groups in total. The SMILES string of the molecule is CCCCOC(=O)[C@@H](CCCC1(C(=O)OC)CCN(C(=O)OC(C)(C)C)C1)C(C)C. The standard InChI is InChI=1S/C23H41NO6/c1-8-9-15-29-19(25)18(17(2)3)11-10-12-23(20(26)28-7)13-14-24(16-23)21(27)30-22(4,5)6/h17-18H,8-16H2,1-7H3/t18-,23?/m0/s1. The van der Waals surface area contributed by atoms with Crippen molar-refractivity contribution in [2.75, 3.05) is 26.8 Å². The number of carbonyl (C=O) groups is 3. The first-order chi connectivity index (χ1) is 14.0. The number of rotatable bonds is 10. The van der Waals surface area contributed by atoms with Crippen molar-refractivity contribution in [1.82, 2.24) is 4.90 Å². The summed E-state index contributed by atoms with van der Waals surface area (Å²) in [6.45, 7) is 12.7. The van der Waals surface area contributed by atoms with Crippen LogP contribution in [0, 0.1) is 17.3 Å². The van der Waals surface area contributed by atoms with Crippen LogP contribution in [0.3, 0.4) is 0 Å². The van der Waals surface area contributed by atoms with Crippen molar-refractivity contribution >= 4 is 18.0 Å². The number of hydrogen-bond donors (Lipinski definition) is 0. The summed E-state index contributed by atoms with van der Waals surface area (Å²) < 4.78 is 15.9. The van der Waals surface area contributed by atoms with Gasteiger partial charge in [-0.15, -0.1) is 0 Å². The van der Waals surface area contributed by atoms with Crippen LogP contribution in [-0.4, -0.2) is 55.3 Å². The maximum absolute atomic E-state index is 12.6. The van der Waals surface area contributed by atoms with E-state index in [1.165, 1.54) is 7.11 Å². The fourth-order valence-electron chi connectivity index (χ4n) is 3.85. The molecule has 1 aliphatic rings. The number of likely N-dealkylation sites (tertiary alicyclic amines) is 1. The lowest BCUT2D eigenvalue weighted by Gasteiger charge is -2.28. The third-order valence-corrected chi connectivity index (χ3v) is 5.64. The van der Waals surface area contributed by atoms with Crippen molar-refractivity contribution in [2.24, 2.45) is 17.3 Å². The van der Waals surface area contributed by atoms with Gasteiger partial charge in [-0.3, -0.25) is 9.59 Å². The van der Waals surface area contributed by atoms with Gasteiger partial charge in [0.15, 0.2) is 0 Å². The van der Waals surface area contributed by atoms with Gasteiger partial charge in [0.25, 0.3) is 0 Å². The molecule has 0 bridgehead atoms. The van der Waals surface area contributed by atoms with Gasteiger partial charge in [-0.25, -0.2) is 4.79 Å². The van der Waals surface area contributed by atoms with Crippen molar-refractivity contribution in [3.63, 3.8) is 0 Å². The number of ether oxygens (including phenoxy) is 3. The van der Waals surface area contributed by atoms with Crippen molar-refractivity contribution in [3.8, 4) is 0 Å². The lowest BCUT2D eigenvalue weighted by Crippen LogP contribution is -2.40. The molecule has 1 rings (SSSR count). The van der Waals surface area contributed by atoms with Crippen LogP contribution in [0.2, 0.25) is 0 Å².